The molecule has 3 fully saturated rings. The summed E-state index contributed by atoms with van der Waals surface area (Å²) in [7, 11) is 0. The lowest BCUT2D eigenvalue weighted by Gasteiger charge is -2.48. The molecular formula is C20H35NO14. The van der Waals surface area contributed by atoms with Gasteiger partial charge in [0.15, 0.2) is 18.9 Å². The molecule has 1 unspecified atom stereocenters. The number of hydrogen-bond donors (Lipinski definition) is 9. The normalized spacial score (nSPS) is 51.1. The summed E-state index contributed by atoms with van der Waals surface area (Å²) in [5, 5.41) is 84.3. The van der Waals surface area contributed by atoms with Crippen molar-refractivity contribution in [2.24, 2.45) is 0 Å². The summed E-state index contributed by atoms with van der Waals surface area (Å²) in [5.41, 5.74) is 0. The first-order valence-corrected chi connectivity index (χ1v) is 11.3. The predicted molar refractivity (Wildman–Crippen MR) is 110 cm³/mol. The second kappa shape index (κ2) is 11.6. The summed E-state index contributed by atoms with van der Waals surface area (Å²) in [6, 6.07) is -1.37. The third-order valence-corrected chi connectivity index (χ3v) is 6.42. The lowest BCUT2D eigenvalue weighted by atomic mass is 9.95. The third kappa shape index (κ3) is 5.93. The van der Waals surface area contributed by atoms with Crippen LogP contribution >= 0.6 is 0 Å². The third-order valence-electron chi connectivity index (χ3n) is 6.42. The van der Waals surface area contributed by atoms with Crippen LogP contribution in [0.2, 0.25) is 0 Å². The molecule has 0 radical (unpaired) electrons. The van der Waals surface area contributed by atoms with Gasteiger partial charge >= 0.3 is 0 Å². The molecule has 15 heteroatoms. The second-order valence-corrected chi connectivity index (χ2v) is 9.04. The number of aliphatic hydroxyl groups excluding tert-OH is 8. The molecule has 3 saturated heterocycles. The van der Waals surface area contributed by atoms with E-state index in [0.717, 1.165) is 6.92 Å². The molecule has 0 aliphatic carbocycles. The molecule has 0 spiro atoms. The van der Waals surface area contributed by atoms with E-state index in [0.29, 0.717) is 0 Å². The van der Waals surface area contributed by atoms with Gasteiger partial charge in [-0.25, -0.2) is 0 Å². The topological polar surface area (TPSA) is 237 Å². The molecule has 204 valence electrons. The highest BCUT2D eigenvalue weighted by Gasteiger charge is 2.53. The average molecular weight is 513 g/mol. The van der Waals surface area contributed by atoms with Gasteiger partial charge in [0.2, 0.25) is 5.91 Å². The molecule has 1 amide bonds. The van der Waals surface area contributed by atoms with Gasteiger partial charge in [-0.05, 0) is 13.8 Å². The minimum Gasteiger partial charge on any atom is -0.394 e. The van der Waals surface area contributed by atoms with Gasteiger partial charge in [-0.15, -0.1) is 0 Å². The Morgan fingerprint density at radius 1 is 0.743 bits per heavy atom. The first kappa shape index (κ1) is 28.5. The zero-order valence-corrected chi connectivity index (χ0v) is 19.4. The molecule has 15 atom stereocenters. The number of ether oxygens (including phenoxy) is 5. The molecule has 3 rings (SSSR count). The minimum atomic E-state index is -1.69. The van der Waals surface area contributed by atoms with E-state index < -0.39 is 105 Å². The smallest absolute Gasteiger partial charge is 0.217 e. The highest BCUT2D eigenvalue weighted by molar-refractivity contribution is 5.73. The van der Waals surface area contributed by atoms with E-state index in [1.165, 1.54) is 13.8 Å². The molecule has 3 aliphatic heterocycles. The SMILES string of the molecule is CC(=O)N[C@H]1[C@H](O[C@H]2[C@H](O[C@H]3C(O)O[C@@H](C)[C@H](O)[C@H]3O)O[C@@H](C)[C@H](O)[C@H]2O)O[C@H](CO)[C@@H](O)[C@@H]1O. The molecular weight excluding hydrogens is 478 g/mol. The quantitative estimate of drug-likeness (QED) is 0.161. The van der Waals surface area contributed by atoms with Crippen molar-refractivity contribution in [3.8, 4) is 0 Å². The van der Waals surface area contributed by atoms with Crippen molar-refractivity contribution in [2.45, 2.75) is 113 Å². The first-order valence-electron chi connectivity index (χ1n) is 11.3. The number of carbonyl (C=O) groups excluding carboxylic acids is 1. The number of aliphatic hydroxyl groups is 8. The highest BCUT2D eigenvalue weighted by atomic mass is 16.8. The van der Waals surface area contributed by atoms with Crippen LogP contribution in [0.1, 0.15) is 20.8 Å². The zero-order chi connectivity index (χ0) is 26.2. The monoisotopic (exact) mass is 513 g/mol. The largest absolute Gasteiger partial charge is 0.394 e. The molecule has 0 saturated carbocycles. The number of nitrogens with one attached hydrogen (secondary N) is 1. The molecule has 9 N–H and O–H groups in total. The molecule has 0 aromatic carbocycles. The molecule has 0 bridgehead atoms. The zero-order valence-electron chi connectivity index (χ0n) is 19.4. The summed E-state index contributed by atoms with van der Waals surface area (Å²) < 4.78 is 27.6. The van der Waals surface area contributed by atoms with Crippen molar-refractivity contribution in [1.82, 2.24) is 5.32 Å². The van der Waals surface area contributed by atoms with Crippen molar-refractivity contribution in [1.29, 1.82) is 0 Å². The van der Waals surface area contributed by atoms with Crippen LogP contribution in [0.3, 0.4) is 0 Å². The van der Waals surface area contributed by atoms with Crippen LogP contribution in [0, 0.1) is 0 Å². The molecule has 15 nitrogen and oxygen atoms in total. The first-order chi connectivity index (χ1) is 16.4. The fourth-order valence-corrected chi connectivity index (χ4v) is 4.32. The van der Waals surface area contributed by atoms with Gasteiger partial charge in [-0.1, -0.05) is 0 Å². The summed E-state index contributed by atoms with van der Waals surface area (Å²) in [6.07, 6.45) is -20.7. The van der Waals surface area contributed by atoms with E-state index >= 15 is 0 Å². The number of hydrogen-bond acceptors (Lipinski definition) is 14. The number of amides is 1. The van der Waals surface area contributed by atoms with E-state index in [4.69, 9.17) is 23.7 Å². The molecule has 3 heterocycles. The number of carbonyl (C=O) groups is 1. The van der Waals surface area contributed by atoms with Crippen LogP contribution < -0.4 is 5.32 Å². The van der Waals surface area contributed by atoms with E-state index in [1.54, 1.807) is 0 Å². The lowest BCUT2D eigenvalue weighted by Crippen LogP contribution is -2.68. The maximum Gasteiger partial charge on any atom is 0.217 e. The Hall–Kier alpha value is -1.05. The van der Waals surface area contributed by atoms with Gasteiger partial charge in [0.25, 0.3) is 0 Å². The van der Waals surface area contributed by atoms with E-state index in [9.17, 15) is 45.6 Å². The Labute approximate surface area is 200 Å². The van der Waals surface area contributed by atoms with Gasteiger partial charge in [0.1, 0.15) is 61.0 Å². The maximum atomic E-state index is 11.7. The van der Waals surface area contributed by atoms with Crippen molar-refractivity contribution < 1.29 is 69.3 Å². The van der Waals surface area contributed by atoms with Crippen LogP contribution in [-0.4, -0.2) is 145 Å². The Morgan fingerprint density at radius 3 is 1.86 bits per heavy atom. The van der Waals surface area contributed by atoms with Crippen molar-refractivity contribution in [3.05, 3.63) is 0 Å². The fourth-order valence-electron chi connectivity index (χ4n) is 4.32. The minimum absolute atomic E-state index is 0.614. The van der Waals surface area contributed by atoms with Gasteiger partial charge in [-0.3, -0.25) is 4.79 Å². The van der Waals surface area contributed by atoms with Crippen LogP contribution in [0.25, 0.3) is 0 Å². The lowest BCUT2D eigenvalue weighted by molar-refractivity contribution is -0.381. The van der Waals surface area contributed by atoms with Crippen molar-refractivity contribution in [3.63, 3.8) is 0 Å². The second-order valence-electron chi connectivity index (χ2n) is 9.04. The summed E-state index contributed by atoms with van der Waals surface area (Å²) in [4.78, 5) is 11.7. The van der Waals surface area contributed by atoms with Crippen LogP contribution in [0.4, 0.5) is 0 Å². The standard InChI is InChI=1S/C20H35NO14/c1-5-10(24)14(28)16(18(30)31-5)34-20-17(15(29)11(25)6(2)32-20)35-19-9(21-7(3)23)13(27)12(26)8(4-22)33-19/h5-6,8-20,22,24-30H,4H2,1-3H3,(H,21,23)/t5-,6-,8+,9+,10-,11-,12+,13+,14+,15+,16+,17+,18?,19-,20-/m0/s1. The molecule has 0 aromatic heterocycles. The van der Waals surface area contributed by atoms with Gasteiger partial charge in [-0.2, -0.15) is 0 Å². The molecule has 0 aromatic rings. The summed E-state index contributed by atoms with van der Waals surface area (Å²) in [5.74, 6) is -0.614. The van der Waals surface area contributed by atoms with E-state index in [-0.39, 0.29) is 0 Å². The highest BCUT2D eigenvalue weighted by Crippen LogP contribution is 2.32. The van der Waals surface area contributed by atoms with Crippen LogP contribution in [-0.2, 0) is 28.5 Å². The van der Waals surface area contributed by atoms with E-state index in [1.807, 2.05) is 0 Å². The van der Waals surface area contributed by atoms with Gasteiger partial charge in [0, 0.05) is 6.92 Å². The van der Waals surface area contributed by atoms with Crippen molar-refractivity contribution >= 4 is 5.91 Å². The molecule has 35 heavy (non-hydrogen) atoms. The predicted octanol–water partition coefficient (Wildman–Crippen LogP) is -5.37. The number of rotatable bonds is 6. The van der Waals surface area contributed by atoms with Crippen LogP contribution in [0.15, 0.2) is 0 Å². The Kier molecular flexibility index (Phi) is 9.42. The maximum absolute atomic E-state index is 11.7. The molecule has 3 aliphatic rings. The van der Waals surface area contributed by atoms with Crippen LogP contribution in [0.5, 0.6) is 0 Å². The summed E-state index contributed by atoms with van der Waals surface area (Å²) in [6.45, 7) is 3.27. The average Bonchev–Trinajstić information content (AvgIpc) is 2.80. The Morgan fingerprint density at radius 2 is 1.29 bits per heavy atom. The van der Waals surface area contributed by atoms with Gasteiger partial charge in [0.05, 0.1) is 18.8 Å². The van der Waals surface area contributed by atoms with Gasteiger partial charge < -0.3 is 69.9 Å². The Bertz CT molecular complexity index is 715. The Balaban J connectivity index is 1.86. The van der Waals surface area contributed by atoms with E-state index in [2.05, 4.69) is 5.32 Å². The fraction of sp³-hybridized carbons (Fsp3) is 0.950. The summed E-state index contributed by atoms with van der Waals surface area (Å²) >= 11 is 0. The van der Waals surface area contributed by atoms with Crippen molar-refractivity contribution in [2.75, 3.05) is 6.61 Å².